The van der Waals surface area contributed by atoms with Crippen LogP contribution in [-0.4, -0.2) is 37.2 Å². The van der Waals surface area contributed by atoms with Crippen LogP contribution in [0.15, 0.2) is 48.6 Å². The molecule has 6 nitrogen and oxygen atoms in total. The van der Waals surface area contributed by atoms with Gasteiger partial charge in [-0.25, -0.2) is 0 Å². The highest BCUT2D eigenvalue weighted by Gasteiger charge is 2.19. The van der Waals surface area contributed by atoms with E-state index in [2.05, 4.69) is 69.4 Å². The second-order valence-corrected chi connectivity index (χ2v) is 17.4. The first-order chi connectivity index (χ1) is 30.0. The predicted octanol–water partition coefficient (Wildman–Crippen LogP) is 17.1. The summed E-state index contributed by atoms with van der Waals surface area (Å²) in [5.74, 6) is -0.926. The number of esters is 3. The monoisotopic (exact) mass is 855 g/mol. The van der Waals surface area contributed by atoms with Crippen LogP contribution < -0.4 is 0 Å². The van der Waals surface area contributed by atoms with Gasteiger partial charge in [-0.3, -0.25) is 14.4 Å². The maximum atomic E-state index is 12.8. The van der Waals surface area contributed by atoms with Gasteiger partial charge >= 0.3 is 17.9 Å². The molecule has 0 aromatic carbocycles. The Hall–Kier alpha value is -2.63. The van der Waals surface area contributed by atoms with E-state index >= 15 is 0 Å². The van der Waals surface area contributed by atoms with Crippen LogP contribution in [0.25, 0.3) is 0 Å². The summed E-state index contributed by atoms with van der Waals surface area (Å²) in [5.41, 5.74) is 0. The zero-order valence-corrected chi connectivity index (χ0v) is 40.4. The fourth-order valence-electron chi connectivity index (χ4n) is 7.33. The van der Waals surface area contributed by atoms with Crippen LogP contribution in [0, 0.1) is 0 Å². The molecule has 0 aromatic rings. The molecular formula is C55H98O6. The van der Waals surface area contributed by atoms with Crippen LogP contribution in [0.5, 0.6) is 0 Å². The van der Waals surface area contributed by atoms with Crippen molar-refractivity contribution in [3.8, 4) is 0 Å². The molecule has 1 atom stereocenters. The average molecular weight is 855 g/mol. The third-order valence-corrected chi connectivity index (χ3v) is 11.3. The molecule has 0 amide bonds. The number of ether oxygens (including phenoxy) is 3. The van der Waals surface area contributed by atoms with Crippen LogP contribution in [0.1, 0.15) is 265 Å². The molecule has 0 aliphatic carbocycles. The van der Waals surface area contributed by atoms with E-state index in [0.717, 1.165) is 77.0 Å². The van der Waals surface area contributed by atoms with Crippen LogP contribution in [0.4, 0.5) is 0 Å². The summed E-state index contributed by atoms with van der Waals surface area (Å²) in [4.78, 5) is 37.9. The van der Waals surface area contributed by atoms with Gasteiger partial charge < -0.3 is 14.2 Å². The van der Waals surface area contributed by atoms with Gasteiger partial charge in [0.05, 0.1) is 0 Å². The van der Waals surface area contributed by atoms with Gasteiger partial charge in [0.1, 0.15) is 13.2 Å². The lowest BCUT2D eigenvalue weighted by Crippen LogP contribution is -2.30. The zero-order chi connectivity index (χ0) is 44.4. The summed E-state index contributed by atoms with van der Waals surface area (Å²) in [7, 11) is 0. The Balaban J connectivity index is 4.43. The first-order valence-electron chi connectivity index (χ1n) is 26.1. The molecule has 354 valence electrons. The molecule has 0 unspecified atom stereocenters. The highest BCUT2D eigenvalue weighted by Crippen LogP contribution is 2.15. The van der Waals surface area contributed by atoms with Gasteiger partial charge in [0.25, 0.3) is 0 Å². The minimum atomic E-state index is -0.788. The third kappa shape index (κ3) is 48.3. The van der Waals surface area contributed by atoms with Crippen molar-refractivity contribution in [1.29, 1.82) is 0 Å². The SMILES string of the molecule is CCCCC/C=C\C/C=C\C/C=C\CCCCC(=O)OC[C@H](COC(=O)CCCCCCC/C=C\CCCCCCCC)OC(=O)CCCCCCCCCCCCCCC. The van der Waals surface area contributed by atoms with Crippen molar-refractivity contribution in [1.82, 2.24) is 0 Å². The van der Waals surface area contributed by atoms with E-state index in [1.807, 2.05) is 0 Å². The van der Waals surface area contributed by atoms with E-state index in [1.165, 1.54) is 148 Å². The van der Waals surface area contributed by atoms with E-state index in [9.17, 15) is 14.4 Å². The molecule has 0 spiro atoms. The lowest BCUT2D eigenvalue weighted by Gasteiger charge is -2.18. The first kappa shape index (κ1) is 58.4. The van der Waals surface area contributed by atoms with Crippen molar-refractivity contribution in [2.45, 2.75) is 271 Å². The Morgan fingerprint density at radius 2 is 0.590 bits per heavy atom. The normalized spacial score (nSPS) is 12.4. The van der Waals surface area contributed by atoms with E-state index in [1.54, 1.807) is 0 Å². The second kappa shape index (κ2) is 50.0. The summed E-state index contributed by atoms with van der Waals surface area (Å²) in [6, 6.07) is 0. The van der Waals surface area contributed by atoms with Gasteiger partial charge in [0.2, 0.25) is 0 Å². The summed E-state index contributed by atoms with van der Waals surface area (Å²) in [6.07, 6.45) is 59.5. The molecule has 61 heavy (non-hydrogen) atoms. The molecule has 0 aliphatic heterocycles. The van der Waals surface area contributed by atoms with Crippen LogP contribution in [0.3, 0.4) is 0 Å². The number of carbonyl (C=O) groups excluding carboxylic acids is 3. The molecule has 0 heterocycles. The van der Waals surface area contributed by atoms with E-state index < -0.39 is 6.10 Å². The molecule has 0 saturated heterocycles. The van der Waals surface area contributed by atoms with Crippen LogP contribution >= 0.6 is 0 Å². The predicted molar refractivity (Wildman–Crippen MR) is 261 cm³/mol. The Morgan fingerprint density at radius 3 is 1.00 bits per heavy atom. The Labute approximate surface area is 378 Å². The van der Waals surface area contributed by atoms with E-state index in [4.69, 9.17) is 14.2 Å². The standard InChI is InChI=1S/C55H98O6/c1-4-7-10-13-16-19-22-25-27-30-32-35-38-41-44-47-53(56)59-50-52(61-55(58)49-46-43-40-37-34-29-24-21-18-15-12-9-6-3)51-60-54(57)48-45-42-39-36-33-31-28-26-23-20-17-14-11-8-5-2/h16,19,25-28,32,35,52H,4-15,17-18,20-24,29-31,33-34,36-51H2,1-3H3/b19-16-,27-25-,28-26-,35-32-/t52-/m1/s1. The highest BCUT2D eigenvalue weighted by molar-refractivity contribution is 5.71. The zero-order valence-electron chi connectivity index (χ0n) is 40.4. The lowest BCUT2D eigenvalue weighted by molar-refractivity contribution is -0.167. The average Bonchev–Trinajstić information content (AvgIpc) is 3.26. The number of rotatable bonds is 47. The Bertz CT molecular complexity index is 1070. The molecule has 0 saturated carbocycles. The largest absolute Gasteiger partial charge is 0.462 e. The fraction of sp³-hybridized carbons (Fsp3) is 0.800. The van der Waals surface area contributed by atoms with Gasteiger partial charge in [-0.1, -0.05) is 211 Å². The topological polar surface area (TPSA) is 78.9 Å². The molecule has 0 N–H and O–H groups in total. The highest BCUT2D eigenvalue weighted by atomic mass is 16.6. The molecular weight excluding hydrogens is 757 g/mol. The van der Waals surface area contributed by atoms with E-state index in [-0.39, 0.29) is 31.1 Å². The van der Waals surface area contributed by atoms with Gasteiger partial charge in [-0.2, -0.15) is 0 Å². The third-order valence-electron chi connectivity index (χ3n) is 11.3. The van der Waals surface area contributed by atoms with E-state index in [0.29, 0.717) is 19.3 Å². The van der Waals surface area contributed by atoms with Gasteiger partial charge in [-0.15, -0.1) is 0 Å². The van der Waals surface area contributed by atoms with Crippen molar-refractivity contribution in [3.05, 3.63) is 48.6 Å². The Kier molecular flexibility index (Phi) is 47.9. The lowest BCUT2D eigenvalue weighted by atomic mass is 10.0. The molecule has 6 heteroatoms. The fourth-order valence-corrected chi connectivity index (χ4v) is 7.33. The molecule has 0 radical (unpaired) electrons. The Morgan fingerprint density at radius 1 is 0.328 bits per heavy atom. The number of unbranched alkanes of at least 4 members (excludes halogenated alkanes) is 28. The summed E-state index contributed by atoms with van der Waals surface area (Å²) in [6.45, 7) is 6.58. The maximum Gasteiger partial charge on any atom is 0.306 e. The minimum Gasteiger partial charge on any atom is -0.462 e. The molecule has 0 aromatic heterocycles. The molecule has 0 rings (SSSR count). The van der Waals surface area contributed by atoms with Crippen molar-refractivity contribution < 1.29 is 28.6 Å². The number of hydrogen-bond donors (Lipinski definition) is 0. The molecule has 0 aliphatic rings. The number of hydrogen-bond acceptors (Lipinski definition) is 6. The summed E-state index contributed by atoms with van der Waals surface area (Å²) >= 11 is 0. The first-order valence-corrected chi connectivity index (χ1v) is 26.1. The second-order valence-electron chi connectivity index (χ2n) is 17.4. The molecule has 0 fully saturated rings. The van der Waals surface area contributed by atoms with Gasteiger partial charge in [0, 0.05) is 19.3 Å². The quantitative estimate of drug-likeness (QED) is 0.0263. The minimum absolute atomic E-state index is 0.0873. The van der Waals surface area contributed by atoms with Crippen molar-refractivity contribution in [3.63, 3.8) is 0 Å². The number of carbonyl (C=O) groups is 3. The molecule has 0 bridgehead atoms. The van der Waals surface area contributed by atoms with Crippen LogP contribution in [0.2, 0.25) is 0 Å². The van der Waals surface area contributed by atoms with Gasteiger partial charge in [-0.05, 0) is 83.5 Å². The summed E-state index contributed by atoms with van der Waals surface area (Å²) < 4.78 is 16.8. The number of allylic oxidation sites excluding steroid dienone is 8. The maximum absolute atomic E-state index is 12.8. The van der Waals surface area contributed by atoms with Gasteiger partial charge in [0.15, 0.2) is 6.10 Å². The van der Waals surface area contributed by atoms with Crippen molar-refractivity contribution in [2.75, 3.05) is 13.2 Å². The van der Waals surface area contributed by atoms with Crippen molar-refractivity contribution >= 4 is 17.9 Å². The summed E-state index contributed by atoms with van der Waals surface area (Å²) in [5, 5.41) is 0. The van der Waals surface area contributed by atoms with Crippen LogP contribution in [-0.2, 0) is 28.6 Å². The smallest absolute Gasteiger partial charge is 0.306 e. The van der Waals surface area contributed by atoms with Crippen molar-refractivity contribution in [2.24, 2.45) is 0 Å².